The summed E-state index contributed by atoms with van der Waals surface area (Å²) < 4.78 is 33.0. The van der Waals surface area contributed by atoms with Crippen LogP contribution < -0.4 is 4.72 Å². The van der Waals surface area contributed by atoms with Gasteiger partial charge in [0, 0.05) is 28.0 Å². The van der Waals surface area contributed by atoms with Gasteiger partial charge in [0.1, 0.15) is 11.3 Å². The molecule has 0 aliphatic rings. The van der Waals surface area contributed by atoms with Crippen LogP contribution in [0.1, 0.15) is 32.8 Å². The molecule has 0 unspecified atom stereocenters. The van der Waals surface area contributed by atoms with E-state index in [0.717, 1.165) is 33.0 Å². The molecule has 5 rings (SSSR count). The van der Waals surface area contributed by atoms with Gasteiger partial charge in [0.05, 0.1) is 5.41 Å². The Labute approximate surface area is 226 Å². The van der Waals surface area contributed by atoms with E-state index < -0.39 is 15.9 Å². The molecule has 4 aromatic carbocycles. The van der Waals surface area contributed by atoms with Gasteiger partial charge >= 0.3 is 0 Å². The second-order valence-electron chi connectivity index (χ2n) is 8.89. The molecule has 190 valence electrons. The van der Waals surface area contributed by atoms with E-state index in [4.69, 9.17) is 16.0 Å². The smallest absolute Gasteiger partial charge is 0.265 e. The first-order valence-electron chi connectivity index (χ1n) is 12.0. The molecule has 1 N–H and O–H groups in total. The van der Waals surface area contributed by atoms with E-state index in [9.17, 15) is 13.2 Å². The van der Waals surface area contributed by atoms with Crippen molar-refractivity contribution in [2.75, 3.05) is 0 Å². The molecule has 1 aromatic heterocycles. The Kier molecular flexibility index (Phi) is 7.18. The van der Waals surface area contributed by atoms with Gasteiger partial charge in [0.2, 0.25) is 0 Å². The number of hydrogen-bond acceptors (Lipinski definition) is 4. The molecule has 0 bridgehead atoms. The van der Waals surface area contributed by atoms with E-state index in [1.807, 2.05) is 61.5 Å². The normalized spacial score (nSPS) is 11.7. The highest BCUT2D eigenvalue weighted by atomic mass is 35.5. The number of furan rings is 1. The summed E-state index contributed by atoms with van der Waals surface area (Å²) in [6, 6.07) is 29.8. The van der Waals surface area contributed by atoms with Crippen molar-refractivity contribution < 1.29 is 17.6 Å². The summed E-state index contributed by atoms with van der Waals surface area (Å²) in [7, 11) is -3.99. The van der Waals surface area contributed by atoms with Gasteiger partial charge in [-0.05, 0) is 59.5 Å². The molecule has 38 heavy (non-hydrogen) atoms. The average molecular weight is 542 g/mol. The lowest BCUT2D eigenvalue weighted by Gasteiger charge is -2.08. The summed E-state index contributed by atoms with van der Waals surface area (Å²) in [4.78, 5) is 12.8. The zero-order chi connectivity index (χ0) is 26.7. The standard InChI is InChI=1S/C31H24ClNO4S/c1-21-27(18-25-13-12-24(20-29(25)32)23-10-6-3-7-11-23)28-19-26(14-15-30(28)37-21)31(34)33-38(35,36)17-16-22-8-4-2-5-9-22/h2-17,19-20H,18H2,1H3,(H,33,34). The molecule has 0 radical (unpaired) electrons. The van der Waals surface area contributed by atoms with Crippen molar-refractivity contribution in [3.05, 3.63) is 136 Å². The van der Waals surface area contributed by atoms with Crippen molar-refractivity contribution in [3.63, 3.8) is 0 Å². The number of sulfonamides is 1. The Balaban J connectivity index is 1.39. The number of rotatable bonds is 7. The monoisotopic (exact) mass is 541 g/mol. The maximum Gasteiger partial charge on any atom is 0.265 e. The largest absolute Gasteiger partial charge is 0.461 e. The van der Waals surface area contributed by atoms with Crippen LogP contribution in [0.5, 0.6) is 0 Å². The van der Waals surface area contributed by atoms with Crippen LogP contribution in [-0.2, 0) is 16.4 Å². The van der Waals surface area contributed by atoms with Crippen molar-refractivity contribution in [2.45, 2.75) is 13.3 Å². The lowest BCUT2D eigenvalue weighted by molar-refractivity contribution is 0.0982. The molecule has 5 aromatic rings. The second kappa shape index (κ2) is 10.7. The molecule has 0 saturated heterocycles. The van der Waals surface area contributed by atoms with E-state index in [1.54, 1.807) is 42.5 Å². The molecular weight excluding hydrogens is 518 g/mol. The fourth-order valence-electron chi connectivity index (χ4n) is 4.28. The minimum absolute atomic E-state index is 0.210. The Hall–Kier alpha value is -4.13. The van der Waals surface area contributed by atoms with Gasteiger partial charge in [-0.1, -0.05) is 84.4 Å². The number of carbonyl (C=O) groups excluding carboxylic acids is 1. The minimum Gasteiger partial charge on any atom is -0.461 e. The van der Waals surface area contributed by atoms with Crippen LogP contribution >= 0.6 is 11.6 Å². The van der Waals surface area contributed by atoms with Crippen molar-refractivity contribution in [1.29, 1.82) is 0 Å². The molecule has 7 heteroatoms. The topological polar surface area (TPSA) is 76.4 Å². The van der Waals surface area contributed by atoms with Crippen LogP contribution in [-0.4, -0.2) is 14.3 Å². The summed E-state index contributed by atoms with van der Waals surface area (Å²) in [5, 5.41) is 2.34. The van der Waals surface area contributed by atoms with E-state index in [2.05, 4.69) is 4.72 Å². The SMILES string of the molecule is Cc1oc2ccc(C(=O)NS(=O)(=O)C=Cc3ccccc3)cc2c1Cc1ccc(-c2ccccc2)cc1Cl. The number of amides is 1. The summed E-state index contributed by atoms with van der Waals surface area (Å²) in [5.74, 6) is -0.0150. The molecule has 0 aliphatic carbocycles. The highest BCUT2D eigenvalue weighted by Gasteiger charge is 2.18. The number of hydrogen-bond donors (Lipinski definition) is 1. The number of fused-ring (bicyclic) bond motifs is 1. The Bertz CT molecular complexity index is 1760. The molecule has 1 heterocycles. The van der Waals surface area contributed by atoms with E-state index in [1.165, 1.54) is 6.08 Å². The molecule has 0 atom stereocenters. The highest BCUT2D eigenvalue weighted by Crippen LogP contribution is 2.32. The molecular formula is C31H24ClNO4S. The molecule has 0 aliphatic heterocycles. The fourth-order valence-corrected chi connectivity index (χ4v) is 5.31. The van der Waals surface area contributed by atoms with Gasteiger partial charge in [-0.15, -0.1) is 0 Å². The number of nitrogens with one attached hydrogen (secondary N) is 1. The number of aryl methyl sites for hydroxylation is 1. The van der Waals surface area contributed by atoms with E-state index in [0.29, 0.717) is 28.4 Å². The summed E-state index contributed by atoms with van der Waals surface area (Å²) in [5.41, 5.74) is 5.43. The molecule has 0 fully saturated rings. The average Bonchev–Trinajstić information content (AvgIpc) is 3.23. The summed E-state index contributed by atoms with van der Waals surface area (Å²) in [6.07, 6.45) is 1.93. The third-order valence-electron chi connectivity index (χ3n) is 6.26. The predicted octanol–water partition coefficient (Wildman–Crippen LogP) is 7.38. The van der Waals surface area contributed by atoms with Gasteiger partial charge in [-0.2, -0.15) is 0 Å². The van der Waals surface area contributed by atoms with Gasteiger partial charge < -0.3 is 4.42 Å². The van der Waals surface area contributed by atoms with E-state index >= 15 is 0 Å². The van der Waals surface area contributed by atoms with Crippen molar-refractivity contribution in [3.8, 4) is 11.1 Å². The fraction of sp³-hybridized carbons (Fsp3) is 0.0645. The van der Waals surface area contributed by atoms with Crippen LogP contribution in [0.3, 0.4) is 0 Å². The molecule has 0 saturated carbocycles. The predicted molar refractivity (Wildman–Crippen MR) is 153 cm³/mol. The maximum absolute atomic E-state index is 12.8. The van der Waals surface area contributed by atoms with Crippen LogP contribution in [0, 0.1) is 6.92 Å². The lowest BCUT2D eigenvalue weighted by atomic mass is 9.98. The zero-order valence-electron chi connectivity index (χ0n) is 20.5. The molecule has 0 spiro atoms. The van der Waals surface area contributed by atoms with Crippen molar-refractivity contribution in [1.82, 2.24) is 4.72 Å². The number of carbonyl (C=O) groups is 1. The van der Waals surface area contributed by atoms with Crippen LogP contribution in [0.15, 0.2) is 107 Å². The van der Waals surface area contributed by atoms with Crippen LogP contribution in [0.4, 0.5) is 0 Å². The first-order chi connectivity index (χ1) is 18.3. The zero-order valence-corrected chi connectivity index (χ0v) is 22.1. The third kappa shape index (κ3) is 5.72. The van der Waals surface area contributed by atoms with Crippen LogP contribution in [0.25, 0.3) is 28.2 Å². The maximum atomic E-state index is 12.8. The van der Waals surface area contributed by atoms with Gasteiger partial charge in [0.15, 0.2) is 0 Å². The number of halogens is 1. The first-order valence-corrected chi connectivity index (χ1v) is 13.9. The Morgan fingerprint density at radius 2 is 1.61 bits per heavy atom. The minimum atomic E-state index is -3.99. The first kappa shape index (κ1) is 25.5. The second-order valence-corrected chi connectivity index (χ2v) is 10.9. The van der Waals surface area contributed by atoms with Gasteiger partial charge in [-0.25, -0.2) is 13.1 Å². The van der Waals surface area contributed by atoms with Gasteiger partial charge in [-0.3, -0.25) is 4.79 Å². The Morgan fingerprint density at radius 1 is 0.895 bits per heavy atom. The summed E-state index contributed by atoms with van der Waals surface area (Å²) >= 11 is 6.66. The lowest BCUT2D eigenvalue weighted by Crippen LogP contribution is -2.28. The third-order valence-corrected chi connectivity index (χ3v) is 7.57. The Morgan fingerprint density at radius 3 is 2.32 bits per heavy atom. The van der Waals surface area contributed by atoms with Crippen molar-refractivity contribution >= 4 is 44.6 Å². The van der Waals surface area contributed by atoms with Gasteiger partial charge in [0.25, 0.3) is 15.9 Å². The van der Waals surface area contributed by atoms with Crippen molar-refractivity contribution in [2.24, 2.45) is 0 Å². The highest BCUT2D eigenvalue weighted by molar-refractivity contribution is 7.93. The molecule has 1 amide bonds. The quantitative estimate of drug-likeness (QED) is 0.233. The molecule has 5 nitrogen and oxygen atoms in total. The van der Waals surface area contributed by atoms with E-state index in [-0.39, 0.29) is 5.56 Å². The summed E-state index contributed by atoms with van der Waals surface area (Å²) in [6.45, 7) is 1.86. The van der Waals surface area contributed by atoms with Crippen LogP contribution in [0.2, 0.25) is 5.02 Å². The number of benzene rings is 4.